The molecule has 15 heavy (non-hydrogen) atoms. The second-order valence-corrected chi connectivity index (χ2v) is 5.00. The van der Waals surface area contributed by atoms with Crippen LogP contribution in [0.4, 0.5) is 0 Å². The van der Waals surface area contributed by atoms with E-state index in [0.29, 0.717) is 10.4 Å². The smallest absolute Gasteiger partial charge is 0.244 e. The fourth-order valence-electron chi connectivity index (χ4n) is 0.987. The lowest BCUT2D eigenvalue weighted by atomic mass is 10.1. The normalized spacial score (nSPS) is 12.0. The largest absolute Gasteiger partial charge is 0.450 e. The zero-order valence-corrected chi connectivity index (χ0v) is 10.6. The number of carbonyl (C=O) groups is 1. The molecule has 0 radical (unpaired) electrons. The molecule has 1 aromatic rings. The molecule has 0 fully saturated rings. The van der Waals surface area contributed by atoms with E-state index in [1.165, 1.54) is 6.08 Å². The molecular weight excluding hydrogens is 258 g/mol. The van der Waals surface area contributed by atoms with Crippen LogP contribution in [0.1, 0.15) is 26.5 Å². The third-order valence-corrected chi connectivity index (χ3v) is 1.92. The second-order valence-electron chi connectivity index (χ2n) is 4.21. The molecular formula is C11H14BrNO2. The van der Waals surface area contributed by atoms with Crippen LogP contribution >= 0.6 is 15.9 Å². The molecule has 1 aromatic heterocycles. The highest BCUT2D eigenvalue weighted by molar-refractivity contribution is 9.10. The van der Waals surface area contributed by atoms with Crippen LogP contribution < -0.4 is 5.32 Å². The van der Waals surface area contributed by atoms with E-state index in [4.69, 9.17) is 4.42 Å². The molecule has 0 saturated carbocycles. The Morgan fingerprint density at radius 1 is 1.47 bits per heavy atom. The van der Waals surface area contributed by atoms with E-state index < -0.39 is 0 Å². The third kappa shape index (κ3) is 4.83. The van der Waals surface area contributed by atoms with Crippen molar-refractivity contribution in [2.24, 2.45) is 0 Å². The van der Waals surface area contributed by atoms with E-state index in [0.717, 1.165) is 0 Å². The van der Waals surface area contributed by atoms with E-state index in [1.54, 1.807) is 18.2 Å². The van der Waals surface area contributed by atoms with Gasteiger partial charge in [0.2, 0.25) is 5.91 Å². The van der Waals surface area contributed by atoms with E-state index in [-0.39, 0.29) is 11.4 Å². The summed E-state index contributed by atoms with van der Waals surface area (Å²) in [6.07, 6.45) is 3.09. The predicted octanol–water partition coefficient (Wildman–Crippen LogP) is 2.97. The van der Waals surface area contributed by atoms with Crippen molar-refractivity contribution < 1.29 is 9.21 Å². The van der Waals surface area contributed by atoms with Crippen molar-refractivity contribution in [2.75, 3.05) is 0 Å². The number of furan rings is 1. The molecule has 0 aliphatic carbocycles. The lowest BCUT2D eigenvalue weighted by molar-refractivity contribution is -0.117. The van der Waals surface area contributed by atoms with Gasteiger partial charge in [-0.3, -0.25) is 4.79 Å². The molecule has 0 atom stereocenters. The van der Waals surface area contributed by atoms with Crippen molar-refractivity contribution in [3.63, 3.8) is 0 Å². The number of amides is 1. The van der Waals surface area contributed by atoms with Crippen LogP contribution in [0.15, 0.2) is 27.3 Å². The van der Waals surface area contributed by atoms with Crippen LogP contribution in [0, 0.1) is 0 Å². The van der Waals surface area contributed by atoms with Gasteiger partial charge in [0, 0.05) is 11.6 Å². The SMILES string of the molecule is CC(C)(C)NC(=O)/C=C/c1ccc(Br)o1. The Hall–Kier alpha value is -1.03. The Morgan fingerprint density at radius 3 is 2.60 bits per heavy atom. The Bertz CT molecular complexity index is 374. The van der Waals surface area contributed by atoms with E-state index in [9.17, 15) is 4.79 Å². The number of carbonyl (C=O) groups excluding carboxylic acids is 1. The minimum Gasteiger partial charge on any atom is -0.450 e. The van der Waals surface area contributed by atoms with Crippen molar-refractivity contribution in [3.8, 4) is 0 Å². The van der Waals surface area contributed by atoms with Gasteiger partial charge in [-0.2, -0.15) is 0 Å². The molecule has 0 unspecified atom stereocenters. The predicted molar refractivity (Wildman–Crippen MR) is 63.3 cm³/mol. The molecule has 1 rings (SSSR count). The molecule has 0 aliphatic heterocycles. The Morgan fingerprint density at radius 2 is 2.13 bits per heavy atom. The molecule has 0 bridgehead atoms. The molecule has 1 heterocycles. The van der Waals surface area contributed by atoms with Crippen LogP contribution in [0.3, 0.4) is 0 Å². The molecule has 0 aliphatic rings. The van der Waals surface area contributed by atoms with Gasteiger partial charge < -0.3 is 9.73 Å². The van der Waals surface area contributed by atoms with Crippen molar-refractivity contribution in [1.29, 1.82) is 0 Å². The summed E-state index contributed by atoms with van der Waals surface area (Å²) in [5.74, 6) is 0.515. The van der Waals surface area contributed by atoms with Gasteiger partial charge >= 0.3 is 0 Å². The number of hydrogen-bond acceptors (Lipinski definition) is 2. The summed E-state index contributed by atoms with van der Waals surface area (Å²) in [6.45, 7) is 5.80. The average Bonchev–Trinajstić information content (AvgIpc) is 2.45. The van der Waals surface area contributed by atoms with Gasteiger partial charge in [0.25, 0.3) is 0 Å². The first-order valence-corrected chi connectivity index (χ1v) is 5.42. The molecule has 3 nitrogen and oxygen atoms in total. The highest BCUT2D eigenvalue weighted by Gasteiger charge is 2.11. The maximum Gasteiger partial charge on any atom is 0.244 e. The summed E-state index contributed by atoms with van der Waals surface area (Å²) >= 11 is 3.19. The fourth-order valence-corrected chi connectivity index (χ4v) is 1.31. The zero-order valence-electron chi connectivity index (χ0n) is 9.00. The third-order valence-electron chi connectivity index (χ3n) is 1.49. The topological polar surface area (TPSA) is 42.2 Å². The van der Waals surface area contributed by atoms with E-state index in [2.05, 4.69) is 21.2 Å². The van der Waals surface area contributed by atoms with Crippen molar-refractivity contribution in [2.45, 2.75) is 26.3 Å². The maximum absolute atomic E-state index is 11.4. The summed E-state index contributed by atoms with van der Waals surface area (Å²) in [7, 11) is 0. The van der Waals surface area contributed by atoms with Crippen LogP contribution in [0.25, 0.3) is 6.08 Å². The Labute approximate surface area is 97.7 Å². The minimum atomic E-state index is -0.217. The van der Waals surface area contributed by atoms with Crippen LogP contribution in [0.5, 0.6) is 0 Å². The van der Waals surface area contributed by atoms with Crippen LogP contribution in [-0.4, -0.2) is 11.4 Å². The molecule has 82 valence electrons. The van der Waals surface area contributed by atoms with Gasteiger partial charge in [-0.1, -0.05) is 0 Å². The monoisotopic (exact) mass is 271 g/mol. The van der Waals surface area contributed by atoms with Gasteiger partial charge in [0.05, 0.1) is 0 Å². The second kappa shape index (κ2) is 4.66. The van der Waals surface area contributed by atoms with Gasteiger partial charge in [0.1, 0.15) is 5.76 Å². The van der Waals surface area contributed by atoms with Gasteiger partial charge in [-0.05, 0) is 54.9 Å². The summed E-state index contributed by atoms with van der Waals surface area (Å²) in [4.78, 5) is 11.4. The summed E-state index contributed by atoms with van der Waals surface area (Å²) in [5, 5.41) is 2.82. The number of halogens is 1. The lowest BCUT2D eigenvalue weighted by Gasteiger charge is -2.18. The van der Waals surface area contributed by atoms with Crippen LogP contribution in [0.2, 0.25) is 0 Å². The van der Waals surface area contributed by atoms with Crippen molar-refractivity contribution >= 4 is 27.9 Å². The summed E-state index contributed by atoms with van der Waals surface area (Å²) in [6, 6.07) is 3.56. The molecule has 1 amide bonds. The molecule has 4 heteroatoms. The fraction of sp³-hybridized carbons (Fsp3) is 0.364. The van der Waals surface area contributed by atoms with Gasteiger partial charge in [-0.15, -0.1) is 0 Å². The number of nitrogens with one attached hydrogen (secondary N) is 1. The van der Waals surface area contributed by atoms with E-state index in [1.807, 2.05) is 20.8 Å². The first-order valence-electron chi connectivity index (χ1n) is 4.62. The standard InChI is InChI=1S/C11H14BrNO2/c1-11(2,3)13-10(14)7-5-8-4-6-9(12)15-8/h4-7H,1-3H3,(H,13,14)/b7-5+. The highest BCUT2D eigenvalue weighted by Crippen LogP contribution is 2.14. The first kappa shape index (κ1) is 12.0. The van der Waals surface area contributed by atoms with Crippen molar-refractivity contribution in [1.82, 2.24) is 5.32 Å². The summed E-state index contributed by atoms with van der Waals surface area (Å²) < 4.78 is 5.87. The molecule has 1 N–H and O–H groups in total. The molecule has 0 spiro atoms. The number of rotatable bonds is 2. The van der Waals surface area contributed by atoms with Gasteiger partial charge in [-0.25, -0.2) is 0 Å². The molecule has 0 saturated heterocycles. The Balaban J connectivity index is 2.55. The first-order chi connectivity index (χ1) is 6.87. The zero-order chi connectivity index (χ0) is 11.5. The lowest BCUT2D eigenvalue weighted by Crippen LogP contribution is -2.39. The van der Waals surface area contributed by atoms with Crippen LogP contribution in [-0.2, 0) is 4.79 Å². The summed E-state index contributed by atoms with van der Waals surface area (Å²) in [5.41, 5.74) is -0.217. The average molecular weight is 272 g/mol. The molecule has 0 aromatic carbocycles. The number of hydrogen-bond donors (Lipinski definition) is 1. The highest BCUT2D eigenvalue weighted by atomic mass is 79.9. The van der Waals surface area contributed by atoms with E-state index >= 15 is 0 Å². The van der Waals surface area contributed by atoms with Crippen molar-refractivity contribution in [3.05, 3.63) is 28.6 Å². The van der Waals surface area contributed by atoms with Gasteiger partial charge in [0.15, 0.2) is 4.67 Å². The minimum absolute atomic E-state index is 0.130. The quantitative estimate of drug-likeness (QED) is 0.841. The maximum atomic E-state index is 11.4. The Kier molecular flexibility index (Phi) is 3.74.